The summed E-state index contributed by atoms with van der Waals surface area (Å²) in [5.74, 6) is 0. The van der Waals surface area contributed by atoms with Gasteiger partial charge in [-0.25, -0.2) is 9.78 Å². The summed E-state index contributed by atoms with van der Waals surface area (Å²) in [7, 11) is 1.33. The van der Waals surface area contributed by atoms with E-state index in [0.717, 1.165) is 21.5 Å². The van der Waals surface area contributed by atoms with Gasteiger partial charge in [0.2, 0.25) is 0 Å². The monoisotopic (exact) mass is 340 g/mol. The zero-order chi connectivity index (χ0) is 13.8. The molecule has 2 rings (SSSR count). The first-order chi connectivity index (χ1) is 9.08. The molecule has 1 amide bonds. The van der Waals surface area contributed by atoms with Gasteiger partial charge < -0.3 is 4.74 Å². The lowest BCUT2D eigenvalue weighted by Crippen LogP contribution is -2.10. The molecule has 0 spiro atoms. The van der Waals surface area contributed by atoms with Gasteiger partial charge in [0.05, 0.1) is 12.8 Å². The van der Waals surface area contributed by atoms with Crippen LogP contribution in [0, 0.1) is 6.92 Å². The number of ether oxygens (including phenoxy) is 1. The first-order valence-electron chi connectivity index (χ1n) is 5.64. The molecule has 4 nitrogen and oxygen atoms in total. The molecule has 2 aromatic rings. The van der Waals surface area contributed by atoms with E-state index >= 15 is 0 Å². The molecule has 0 aliphatic carbocycles. The van der Waals surface area contributed by atoms with Crippen LogP contribution in [0.2, 0.25) is 0 Å². The van der Waals surface area contributed by atoms with Crippen molar-refractivity contribution in [3.05, 3.63) is 44.9 Å². The topological polar surface area (TPSA) is 51.2 Å². The van der Waals surface area contributed by atoms with E-state index in [2.05, 4.69) is 43.1 Å². The van der Waals surface area contributed by atoms with E-state index in [1.54, 1.807) is 0 Å². The van der Waals surface area contributed by atoms with Crippen molar-refractivity contribution in [3.8, 4) is 0 Å². The first-order valence-corrected chi connectivity index (χ1v) is 7.25. The van der Waals surface area contributed by atoms with Crippen molar-refractivity contribution in [2.24, 2.45) is 0 Å². The lowest BCUT2D eigenvalue weighted by atomic mass is 10.1. The second-order valence-electron chi connectivity index (χ2n) is 3.95. The Labute approximate surface area is 124 Å². The van der Waals surface area contributed by atoms with Gasteiger partial charge in [0, 0.05) is 15.8 Å². The van der Waals surface area contributed by atoms with Gasteiger partial charge in [-0.1, -0.05) is 28.1 Å². The molecule has 1 aromatic heterocycles. The summed E-state index contributed by atoms with van der Waals surface area (Å²) in [4.78, 5) is 16.6. The second-order valence-corrected chi connectivity index (χ2v) is 5.95. The first kappa shape index (κ1) is 14.0. The molecule has 1 aromatic carbocycles. The number of aromatic nitrogens is 1. The Hall–Kier alpha value is -1.40. The van der Waals surface area contributed by atoms with Crippen LogP contribution in [0.25, 0.3) is 0 Å². The van der Waals surface area contributed by atoms with E-state index in [9.17, 15) is 4.79 Å². The van der Waals surface area contributed by atoms with Crippen LogP contribution >= 0.6 is 27.3 Å². The standard InChI is InChI=1S/C13H13BrN2O2S/c1-8-11(7-9-3-5-10(14)6-4-9)19-12(15-8)16-13(17)18-2/h3-6H,7H2,1-2H3,(H,15,16,17). The van der Waals surface area contributed by atoms with Crippen LogP contribution in [0.3, 0.4) is 0 Å². The summed E-state index contributed by atoms with van der Waals surface area (Å²) < 4.78 is 5.61. The highest BCUT2D eigenvalue weighted by atomic mass is 79.9. The van der Waals surface area contributed by atoms with Gasteiger partial charge in [0.1, 0.15) is 0 Å². The number of amides is 1. The molecule has 0 radical (unpaired) electrons. The number of hydrogen-bond donors (Lipinski definition) is 1. The molecule has 100 valence electrons. The average molecular weight is 341 g/mol. The molecule has 0 aliphatic rings. The highest BCUT2D eigenvalue weighted by Crippen LogP contribution is 2.25. The van der Waals surface area contributed by atoms with Gasteiger partial charge in [-0.15, -0.1) is 11.3 Å². The molecule has 0 bridgehead atoms. The van der Waals surface area contributed by atoms with Crippen molar-refractivity contribution in [2.45, 2.75) is 13.3 Å². The minimum atomic E-state index is -0.496. The number of methoxy groups -OCH3 is 1. The number of aryl methyl sites for hydroxylation is 1. The molecule has 0 aliphatic heterocycles. The number of carbonyl (C=O) groups is 1. The molecule has 0 atom stereocenters. The largest absolute Gasteiger partial charge is 0.453 e. The van der Waals surface area contributed by atoms with Crippen LogP contribution in [-0.2, 0) is 11.2 Å². The maximum atomic E-state index is 11.1. The molecule has 0 unspecified atom stereocenters. The molecule has 0 fully saturated rings. The Balaban J connectivity index is 2.12. The fourth-order valence-corrected chi connectivity index (χ4v) is 2.82. The Bertz CT molecular complexity index is 581. The maximum absolute atomic E-state index is 11.1. The van der Waals surface area contributed by atoms with Crippen molar-refractivity contribution in [1.82, 2.24) is 4.98 Å². The van der Waals surface area contributed by atoms with Crippen LogP contribution < -0.4 is 5.32 Å². The number of rotatable bonds is 3. The molecule has 0 saturated heterocycles. The zero-order valence-electron chi connectivity index (χ0n) is 10.6. The predicted octanol–water partition coefficient (Wildman–Crippen LogP) is 3.98. The van der Waals surface area contributed by atoms with Crippen LogP contribution in [0.4, 0.5) is 9.93 Å². The van der Waals surface area contributed by atoms with Crippen LogP contribution in [0.5, 0.6) is 0 Å². The summed E-state index contributed by atoms with van der Waals surface area (Å²) in [6, 6.07) is 8.16. The second kappa shape index (κ2) is 6.16. The Kier molecular flexibility index (Phi) is 4.55. The molecule has 6 heteroatoms. The highest BCUT2D eigenvalue weighted by molar-refractivity contribution is 9.10. The van der Waals surface area contributed by atoms with Gasteiger partial charge in [-0.2, -0.15) is 0 Å². The Morgan fingerprint density at radius 3 is 2.74 bits per heavy atom. The zero-order valence-corrected chi connectivity index (χ0v) is 13.0. The van der Waals surface area contributed by atoms with Crippen molar-refractivity contribution in [3.63, 3.8) is 0 Å². The molecular formula is C13H13BrN2O2S. The SMILES string of the molecule is COC(=O)Nc1nc(C)c(Cc2ccc(Br)cc2)s1. The highest BCUT2D eigenvalue weighted by Gasteiger charge is 2.10. The number of benzene rings is 1. The minimum absolute atomic E-state index is 0.496. The minimum Gasteiger partial charge on any atom is -0.453 e. The quantitative estimate of drug-likeness (QED) is 0.919. The van der Waals surface area contributed by atoms with Gasteiger partial charge >= 0.3 is 6.09 Å². The predicted molar refractivity (Wildman–Crippen MR) is 79.8 cm³/mol. The third-order valence-electron chi connectivity index (χ3n) is 2.56. The number of halogens is 1. The normalized spacial score (nSPS) is 10.3. The van der Waals surface area contributed by atoms with Crippen LogP contribution in [-0.4, -0.2) is 18.2 Å². The van der Waals surface area contributed by atoms with E-state index in [0.29, 0.717) is 5.13 Å². The van der Waals surface area contributed by atoms with E-state index in [1.807, 2.05) is 19.1 Å². The summed E-state index contributed by atoms with van der Waals surface area (Å²) >= 11 is 4.88. The summed E-state index contributed by atoms with van der Waals surface area (Å²) in [6.45, 7) is 1.94. The van der Waals surface area contributed by atoms with Crippen LogP contribution in [0.15, 0.2) is 28.7 Å². The Morgan fingerprint density at radius 2 is 2.11 bits per heavy atom. The molecule has 1 N–H and O–H groups in total. The number of hydrogen-bond acceptors (Lipinski definition) is 4. The third-order valence-corrected chi connectivity index (χ3v) is 4.17. The van der Waals surface area contributed by atoms with E-state index in [4.69, 9.17) is 0 Å². The number of carbonyl (C=O) groups excluding carboxylic acids is 1. The lowest BCUT2D eigenvalue weighted by Gasteiger charge is -1.99. The van der Waals surface area contributed by atoms with E-state index in [1.165, 1.54) is 24.0 Å². The molecule has 1 heterocycles. The van der Waals surface area contributed by atoms with E-state index < -0.39 is 6.09 Å². The molecule has 0 saturated carbocycles. The number of anilines is 1. The van der Waals surface area contributed by atoms with Crippen molar-refractivity contribution >= 4 is 38.5 Å². The van der Waals surface area contributed by atoms with Crippen molar-refractivity contribution in [2.75, 3.05) is 12.4 Å². The fourth-order valence-electron chi connectivity index (χ4n) is 1.57. The summed E-state index contributed by atoms with van der Waals surface area (Å²) in [5.41, 5.74) is 2.14. The molecule has 19 heavy (non-hydrogen) atoms. The Morgan fingerprint density at radius 1 is 1.42 bits per heavy atom. The summed E-state index contributed by atoms with van der Waals surface area (Å²) in [6.07, 6.45) is 0.309. The maximum Gasteiger partial charge on any atom is 0.413 e. The smallest absolute Gasteiger partial charge is 0.413 e. The number of nitrogens with zero attached hydrogens (tertiary/aromatic N) is 1. The lowest BCUT2D eigenvalue weighted by molar-refractivity contribution is 0.187. The van der Waals surface area contributed by atoms with Gasteiger partial charge in [-0.05, 0) is 24.6 Å². The fraction of sp³-hybridized carbons (Fsp3) is 0.231. The van der Waals surface area contributed by atoms with Gasteiger partial charge in [0.25, 0.3) is 0 Å². The molecular weight excluding hydrogens is 328 g/mol. The summed E-state index contributed by atoms with van der Waals surface area (Å²) in [5, 5.41) is 3.15. The van der Waals surface area contributed by atoms with Gasteiger partial charge in [0.15, 0.2) is 5.13 Å². The number of thiazole rings is 1. The van der Waals surface area contributed by atoms with E-state index in [-0.39, 0.29) is 0 Å². The van der Waals surface area contributed by atoms with Crippen LogP contribution in [0.1, 0.15) is 16.1 Å². The average Bonchev–Trinajstić information content (AvgIpc) is 2.72. The third kappa shape index (κ3) is 3.78. The van der Waals surface area contributed by atoms with Crippen molar-refractivity contribution < 1.29 is 9.53 Å². The van der Waals surface area contributed by atoms with Gasteiger partial charge in [-0.3, -0.25) is 5.32 Å². The number of nitrogens with one attached hydrogen (secondary N) is 1. The van der Waals surface area contributed by atoms with Crippen molar-refractivity contribution in [1.29, 1.82) is 0 Å².